The average molecular weight is 341 g/mol. The summed E-state index contributed by atoms with van der Waals surface area (Å²) >= 11 is 11.3. The zero-order valence-corrected chi connectivity index (χ0v) is 13.5. The van der Waals surface area contributed by atoms with Crippen LogP contribution in [0.15, 0.2) is 36.4 Å². The van der Waals surface area contributed by atoms with E-state index in [2.05, 4.69) is 10.6 Å². The number of nitrogens with one attached hydrogen (secondary N) is 2. The quantitative estimate of drug-likeness (QED) is 0.812. The predicted octanol–water partition coefficient (Wildman–Crippen LogP) is 4.31. The normalized spacial score (nSPS) is 10.0. The molecule has 2 N–H and O–H groups in total. The average Bonchev–Trinajstić information content (AvgIpc) is 2.50. The smallest absolute Gasteiger partial charge is 0.175 e. The fraction of sp³-hybridized carbons (Fsp3) is 0.133. The number of methoxy groups -OCH3 is 2. The lowest BCUT2D eigenvalue weighted by atomic mass is 10.2. The molecule has 0 bridgehead atoms. The SMILES string of the molecule is COc1cc(OC)c(NC(=S)Nc2ccc(F)cc2)cc1Cl. The van der Waals surface area contributed by atoms with E-state index < -0.39 is 0 Å². The monoisotopic (exact) mass is 340 g/mol. The second-order valence-electron chi connectivity index (χ2n) is 4.27. The topological polar surface area (TPSA) is 42.5 Å². The standard InChI is InChI=1S/C15H14ClFN2O2S/c1-20-13-8-14(21-2)12(7-11(13)16)19-15(22)18-10-5-3-9(17)4-6-10/h3-8H,1-2H3,(H2,18,19,22). The number of hydrogen-bond donors (Lipinski definition) is 2. The van der Waals surface area contributed by atoms with Crippen LogP contribution in [0, 0.1) is 5.82 Å². The Morgan fingerprint density at radius 2 is 1.68 bits per heavy atom. The van der Waals surface area contributed by atoms with Crippen LogP contribution < -0.4 is 20.1 Å². The van der Waals surface area contributed by atoms with Crippen LogP contribution in [0.25, 0.3) is 0 Å². The van der Waals surface area contributed by atoms with E-state index in [1.54, 1.807) is 24.3 Å². The van der Waals surface area contributed by atoms with Gasteiger partial charge in [0.2, 0.25) is 0 Å². The fourth-order valence-electron chi connectivity index (χ4n) is 1.78. The molecular weight excluding hydrogens is 327 g/mol. The summed E-state index contributed by atoms with van der Waals surface area (Å²) in [6.45, 7) is 0. The van der Waals surface area contributed by atoms with E-state index in [0.717, 1.165) is 0 Å². The van der Waals surface area contributed by atoms with Gasteiger partial charge in [-0.05, 0) is 42.5 Å². The van der Waals surface area contributed by atoms with Crippen molar-refractivity contribution in [2.75, 3.05) is 24.9 Å². The van der Waals surface area contributed by atoms with Crippen molar-refractivity contribution in [1.82, 2.24) is 0 Å². The molecule has 4 nitrogen and oxygen atoms in total. The summed E-state index contributed by atoms with van der Waals surface area (Å²) in [5, 5.41) is 6.67. The highest BCUT2D eigenvalue weighted by atomic mass is 35.5. The Kier molecular flexibility index (Phi) is 5.41. The fourth-order valence-corrected chi connectivity index (χ4v) is 2.24. The number of benzene rings is 2. The minimum Gasteiger partial charge on any atom is -0.495 e. The molecule has 2 rings (SSSR count). The lowest BCUT2D eigenvalue weighted by molar-refractivity contribution is 0.396. The van der Waals surface area contributed by atoms with Gasteiger partial charge >= 0.3 is 0 Å². The van der Waals surface area contributed by atoms with Crippen LogP contribution in [-0.2, 0) is 0 Å². The third-order valence-corrected chi connectivity index (χ3v) is 3.32. The molecular formula is C15H14ClFN2O2S. The lowest BCUT2D eigenvalue weighted by Crippen LogP contribution is -2.19. The van der Waals surface area contributed by atoms with Gasteiger partial charge in [-0.2, -0.15) is 0 Å². The molecule has 0 aromatic heterocycles. The highest BCUT2D eigenvalue weighted by Crippen LogP contribution is 2.35. The summed E-state index contributed by atoms with van der Waals surface area (Å²) in [4.78, 5) is 0. The summed E-state index contributed by atoms with van der Waals surface area (Å²) in [7, 11) is 3.05. The van der Waals surface area contributed by atoms with Gasteiger partial charge in [0.15, 0.2) is 5.11 Å². The molecule has 0 amide bonds. The molecule has 0 aliphatic rings. The molecule has 0 unspecified atom stereocenters. The van der Waals surface area contributed by atoms with E-state index in [1.165, 1.54) is 26.4 Å². The third-order valence-electron chi connectivity index (χ3n) is 2.82. The highest BCUT2D eigenvalue weighted by molar-refractivity contribution is 7.80. The Morgan fingerprint density at radius 3 is 2.27 bits per heavy atom. The minimum atomic E-state index is -0.312. The van der Waals surface area contributed by atoms with Gasteiger partial charge in [-0.1, -0.05) is 11.6 Å². The maximum absolute atomic E-state index is 12.9. The molecule has 22 heavy (non-hydrogen) atoms. The van der Waals surface area contributed by atoms with Crippen molar-refractivity contribution in [3.63, 3.8) is 0 Å². The molecule has 0 heterocycles. The van der Waals surface area contributed by atoms with Gasteiger partial charge in [-0.15, -0.1) is 0 Å². The molecule has 2 aromatic rings. The van der Waals surface area contributed by atoms with Crippen LogP contribution in [0.4, 0.5) is 15.8 Å². The maximum Gasteiger partial charge on any atom is 0.175 e. The van der Waals surface area contributed by atoms with Gasteiger partial charge < -0.3 is 20.1 Å². The summed E-state index contributed by atoms with van der Waals surface area (Å²) in [5.41, 5.74) is 1.25. The molecule has 2 aromatic carbocycles. The van der Waals surface area contributed by atoms with Crippen molar-refractivity contribution in [1.29, 1.82) is 0 Å². The molecule has 0 fully saturated rings. The first-order valence-electron chi connectivity index (χ1n) is 6.28. The molecule has 0 spiro atoms. The Balaban J connectivity index is 2.14. The van der Waals surface area contributed by atoms with E-state index in [1.807, 2.05) is 0 Å². The molecule has 0 aliphatic carbocycles. The zero-order valence-electron chi connectivity index (χ0n) is 11.9. The van der Waals surface area contributed by atoms with Crippen molar-refractivity contribution in [2.45, 2.75) is 0 Å². The van der Waals surface area contributed by atoms with Crippen LogP contribution in [0.3, 0.4) is 0 Å². The first kappa shape index (κ1) is 16.3. The van der Waals surface area contributed by atoms with Crippen molar-refractivity contribution in [3.05, 3.63) is 47.2 Å². The lowest BCUT2D eigenvalue weighted by Gasteiger charge is -2.15. The Morgan fingerprint density at radius 1 is 1.05 bits per heavy atom. The first-order chi connectivity index (χ1) is 10.5. The minimum absolute atomic E-state index is 0.312. The van der Waals surface area contributed by atoms with Crippen LogP contribution in [0.1, 0.15) is 0 Å². The van der Waals surface area contributed by atoms with Crippen LogP contribution >= 0.6 is 23.8 Å². The van der Waals surface area contributed by atoms with Crippen LogP contribution in [-0.4, -0.2) is 19.3 Å². The number of hydrogen-bond acceptors (Lipinski definition) is 3. The largest absolute Gasteiger partial charge is 0.495 e. The number of thiocarbonyl (C=S) groups is 1. The number of anilines is 2. The van der Waals surface area contributed by atoms with Crippen molar-refractivity contribution in [3.8, 4) is 11.5 Å². The maximum atomic E-state index is 12.9. The Hall–Kier alpha value is -2.05. The molecule has 116 valence electrons. The van der Waals surface area contributed by atoms with E-state index in [9.17, 15) is 4.39 Å². The molecule has 7 heteroatoms. The number of ether oxygens (including phenoxy) is 2. The van der Waals surface area contributed by atoms with E-state index in [4.69, 9.17) is 33.3 Å². The van der Waals surface area contributed by atoms with Gasteiger partial charge in [0, 0.05) is 11.8 Å². The molecule has 0 saturated carbocycles. The van der Waals surface area contributed by atoms with Crippen LogP contribution in [0.5, 0.6) is 11.5 Å². The van der Waals surface area contributed by atoms with Crippen molar-refractivity contribution >= 4 is 40.3 Å². The second kappa shape index (κ2) is 7.29. The van der Waals surface area contributed by atoms with Crippen molar-refractivity contribution in [2.24, 2.45) is 0 Å². The molecule has 0 radical (unpaired) electrons. The first-order valence-corrected chi connectivity index (χ1v) is 7.07. The number of halogens is 2. The third kappa shape index (κ3) is 3.99. The highest BCUT2D eigenvalue weighted by Gasteiger charge is 2.11. The van der Waals surface area contributed by atoms with Gasteiger partial charge in [-0.25, -0.2) is 4.39 Å². The van der Waals surface area contributed by atoms with E-state index >= 15 is 0 Å². The van der Waals surface area contributed by atoms with Gasteiger partial charge in [0.05, 0.1) is 24.9 Å². The molecule has 0 atom stereocenters. The van der Waals surface area contributed by atoms with Gasteiger partial charge in [0.1, 0.15) is 17.3 Å². The summed E-state index contributed by atoms with van der Waals surface area (Å²) in [6.07, 6.45) is 0. The predicted molar refractivity (Wildman–Crippen MR) is 90.8 cm³/mol. The Labute approximate surface area is 138 Å². The van der Waals surface area contributed by atoms with Crippen molar-refractivity contribution < 1.29 is 13.9 Å². The number of rotatable bonds is 4. The second-order valence-corrected chi connectivity index (χ2v) is 5.09. The van der Waals surface area contributed by atoms with E-state index in [0.29, 0.717) is 33.0 Å². The summed E-state index contributed by atoms with van der Waals surface area (Å²) in [5.74, 6) is 0.721. The van der Waals surface area contributed by atoms with E-state index in [-0.39, 0.29) is 5.82 Å². The summed E-state index contributed by atoms with van der Waals surface area (Å²) in [6, 6.07) is 9.16. The Bertz CT molecular complexity index is 680. The molecule has 0 saturated heterocycles. The summed E-state index contributed by atoms with van der Waals surface area (Å²) < 4.78 is 23.3. The van der Waals surface area contributed by atoms with Gasteiger partial charge in [-0.3, -0.25) is 0 Å². The zero-order chi connectivity index (χ0) is 16.1. The van der Waals surface area contributed by atoms with Gasteiger partial charge in [0.25, 0.3) is 0 Å². The van der Waals surface area contributed by atoms with Crippen LogP contribution in [0.2, 0.25) is 5.02 Å². The molecule has 0 aliphatic heterocycles.